The van der Waals surface area contributed by atoms with Crippen molar-refractivity contribution in [2.45, 2.75) is 58.3 Å². The van der Waals surface area contributed by atoms with Crippen molar-refractivity contribution in [2.75, 3.05) is 48.0 Å². The maximum absolute atomic E-state index is 14.0. The van der Waals surface area contributed by atoms with E-state index < -0.39 is 0 Å². The van der Waals surface area contributed by atoms with Gasteiger partial charge in [-0.1, -0.05) is 37.5 Å². The summed E-state index contributed by atoms with van der Waals surface area (Å²) >= 11 is 1.57. The molecule has 1 saturated carbocycles. The number of aromatic nitrogens is 1. The van der Waals surface area contributed by atoms with Crippen LogP contribution in [0.1, 0.15) is 97.9 Å². The van der Waals surface area contributed by atoms with E-state index in [-0.39, 0.29) is 23.0 Å². The molecule has 8 rings (SSSR count). The molecular formula is C42H44N4O4S. The van der Waals surface area contributed by atoms with E-state index in [1.165, 1.54) is 19.3 Å². The van der Waals surface area contributed by atoms with Gasteiger partial charge in [0.05, 0.1) is 16.1 Å². The van der Waals surface area contributed by atoms with Gasteiger partial charge in [-0.15, -0.1) is 11.3 Å². The first kappa shape index (κ1) is 33.5. The number of nitrogens with one attached hydrogen (secondary N) is 1. The first-order valence-corrected chi connectivity index (χ1v) is 19.1. The number of hydrogen-bond donors (Lipinski definition) is 1. The SMILES string of the molecule is Cc1ccc(C(=O)Nc2ccc(C(=O)N3CCC(c4ccc(C(=O)CCC5CCC5)s4)=Cc4ccccc43)cc2)c(N2CC3(CCOCC3)C2)n1. The summed E-state index contributed by atoms with van der Waals surface area (Å²) in [5, 5.41) is 3.03. The van der Waals surface area contributed by atoms with Crippen molar-refractivity contribution in [2.24, 2.45) is 11.3 Å². The monoisotopic (exact) mass is 700 g/mol. The van der Waals surface area contributed by atoms with Gasteiger partial charge in [-0.3, -0.25) is 14.4 Å². The lowest BCUT2D eigenvalue weighted by molar-refractivity contribution is -0.000519. The lowest BCUT2D eigenvalue weighted by atomic mass is 9.73. The number of nitrogens with zero attached hydrogens (tertiary/aromatic N) is 3. The number of anilines is 3. The van der Waals surface area contributed by atoms with Crippen molar-refractivity contribution in [3.8, 4) is 0 Å². The van der Waals surface area contributed by atoms with Crippen molar-refractivity contribution in [1.82, 2.24) is 4.98 Å². The van der Waals surface area contributed by atoms with Crippen LogP contribution in [0.25, 0.3) is 11.6 Å². The average molecular weight is 701 g/mol. The quantitative estimate of drug-likeness (QED) is 0.176. The molecule has 2 aromatic carbocycles. The molecule has 3 fully saturated rings. The van der Waals surface area contributed by atoms with Crippen molar-refractivity contribution in [3.05, 3.63) is 105 Å². The highest BCUT2D eigenvalue weighted by Crippen LogP contribution is 2.43. The van der Waals surface area contributed by atoms with Crippen LogP contribution in [0.4, 0.5) is 17.2 Å². The number of rotatable bonds is 9. The van der Waals surface area contributed by atoms with Gasteiger partial charge >= 0.3 is 0 Å². The molecule has 1 spiro atoms. The first-order valence-electron chi connectivity index (χ1n) is 18.3. The fourth-order valence-electron chi connectivity index (χ4n) is 7.82. The van der Waals surface area contributed by atoms with E-state index in [4.69, 9.17) is 9.72 Å². The van der Waals surface area contributed by atoms with Gasteiger partial charge in [0.25, 0.3) is 11.8 Å². The zero-order valence-corrected chi connectivity index (χ0v) is 30.0. The van der Waals surface area contributed by atoms with E-state index in [0.717, 1.165) is 89.6 Å². The lowest BCUT2D eigenvalue weighted by Crippen LogP contribution is -2.59. The Kier molecular flexibility index (Phi) is 9.34. The minimum Gasteiger partial charge on any atom is -0.381 e. The van der Waals surface area contributed by atoms with Crippen LogP contribution in [-0.4, -0.2) is 55.4 Å². The number of amides is 2. The predicted octanol–water partition coefficient (Wildman–Crippen LogP) is 8.67. The summed E-state index contributed by atoms with van der Waals surface area (Å²) in [7, 11) is 0. The summed E-state index contributed by atoms with van der Waals surface area (Å²) in [5.41, 5.74) is 5.79. The number of carbonyl (C=O) groups is 3. The van der Waals surface area contributed by atoms with E-state index in [0.29, 0.717) is 36.2 Å². The van der Waals surface area contributed by atoms with E-state index in [1.807, 2.05) is 54.3 Å². The number of thiophene rings is 1. The van der Waals surface area contributed by atoms with Gasteiger partial charge in [0.1, 0.15) is 5.82 Å². The minimum absolute atomic E-state index is 0.0992. The van der Waals surface area contributed by atoms with Crippen LogP contribution in [-0.2, 0) is 4.74 Å². The molecule has 51 heavy (non-hydrogen) atoms. The Labute approximate surface area is 303 Å². The largest absolute Gasteiger partial charge is 0.381 e. The van der Waals surface area contributed by atoms with Crippen LogP contribution in [0.3, 0.4) is 0 Å². The Balaban J connectivity index is 0.936. The molecule has 1 N–H and O–H groups in total. The van der Waals surface area contributed by atoms with Crippen LogP contribution in [0, 0.1) is 18.3 Å². The van der Waals surface area contributed by atoms with Crippen LogP contribution < -0.4 is 15.1 Å². The van der Waals surface area contributed by atoms with E-state index >= 15 is 0 Å². The summed E-state index contributed by atoms with van der Waals surface area (Å²) in [4.78, 5) is 51.3. The number of Topliss-reactive ketones (excluding diaryl/α,β-unsaturated/α-hetero) is 1. The third kappa shape index (κ3) is 7.02. The number of ether oxygens (including phenoxy) is 1. The molecule has 8 nitrogen and oxygen atoms in total. The molecule has 0 unspecified atom stereocenters. The Hall–Kier alpha value is -4.60. The normalized spacial score (nSPS) is 18.3. The summed E-state index contributed by atoms with van der Waals surface area (Å²) < 4.78 is 5.58. The molecule has 2 aromatic heterocycles. The maximum Gasteiger partial charge on any atom is 0.259 e. The fraction of sp³-hybridized carbons (Fsp3) is 0.381. The second-order valence-corrected chi connectivity index (χ2v) is 15.8. The van der Waals surface area contributed by atoms with E-state index in [1.54, 1.807) is 35.6 Å². The number of hydrogen-bond acceptors (Lipinski definition) is 7. The van der Waals surface area contributed by atoms with Gasteiger partial charge in [-0.05, 0) is 110 Å². The zero-order valence-electron chi connectivity index (χ0n) is 29.2. The molecule has 3 aliphatic heterocycles. The second-order valence-electron chi connectivity index (χ2n) is 14.7. The Morgan fingerprint density at radius 3 is 2.51 bits per heavy atom. The lowest BCUT2D eigenvalue weighted by Gasteiger charge is -2.53. The molecule has 4 aliphatic rings. The number of aryl methyl sites for hydroxylation is 1. The summed E-state index contributed by atoms with van der Waals surface area (Å²) in [6.07, 6.45) is 10.3. The highest BCUT2D eigenvalue weighted by Gasteiger charge is 2.45. The molecule has 5 heterocycles. The molecule has 2 amide bonds. The number of ketones is 1. The Morgan fingerprint density at radius 2 is 1.75 bits per heavy atom. The molecule has 0 bridgehead atoms. The van der Waals surface area contributed by atoms with Gasteiger partial charge in [-0.25, -0.2) is 4.98 Å². The average Bonchev–Trinajstić information content (AvgIpc) is 3.53. The number of carbonyl (C=O) groups excluding carboxylic acids is 3. The maximum atomic E-state index is 14.0. The predicted molar refractivity (Wildman–Crippen MR) is 204 cm³/mol. The smallest absolute Gasteiger partial charge is 0.259 e. The summed E-state index contributed by atoms with van der Waals surface area (Å²) in [5.74, 6) is 1.36. The van der Waals surface area contributed by atoms with Crippen LogP contribution in [0.5, 0.6) is 0 Å². The highest BCUT2D eigenvalue weighted by molar-refractivity contribution is 7.15. The van der Waals surface area contributed by atoms with E-state index in [2.05, 4.69) is 22.4 Å². The fourth-order valence-corrected chi connectivity index (χ4v) is 8.84. The van der Waals surface area contributed by atoms with Crippen LogP contribution >= 0.6 is 11.3 Å². The molecular weight excluding hydrogens is 657 g/mol. The van der Waals surface area contributed by atoms with Crippen molar-refractivity contribution < 1.29 is 19.1 Å². The standard InChI is InChI=1S/C42H44N4O4S/c1-28-9-15-34(39(43-28)45-26-42(27-45)20-23-50-24-21-42)40(48)44-33-13-11-30(12-14-33)41(49)46-22-19-32(25-31-7-2-3-8-35(31)46)37-17-18-38(51-37)36(47)16-10-29-5-4-6-29/h2-3,7-9,11-15,17-18,25,29H,4-6,10,16,19-24,26-27H2,1H3,(H,44,48). The number of pyridine rings is 1. The minimum atomic E-state index is -0.221. The Bertz CT molecular complexity index is 1980. The third-order valence-corrected chi connectivity index (χ3v) is 12.4. The summed E-state index contributed by atoms with van der Waals surface area (Å²) in [6.45, 7) is 5.81. The van der Waals surface area contributed by atoms with Crippen molar-refractivity contribution in [1.29, 1.82) is 0 Å². The zero-order chi connectivity index (χ0) is 35.0. The molecule has 2 saturated heterocycles. The molecule has 1 aliphatic carbocycles. The molecule has 0 radical (unpaired) electrons. The van der Waals surface area contributed by atoms with Crippen LogP contribution in [0.15, 0.2) is 72.8 Å². The highest BCUT2D eigenvalue weighted by atomic mass is 32.1. The van der Waals surface area contributed by atoms with Gasteiger partial charge in [0.15, 0.2) is 5.78 Å². The molecule has 9 heteroatoms. The molecule has 262 valence electrons. The second kappa shape index (κ2) is 14.2. The van der Waals surface area contributed by atoms with Gasteiger partial charge in [0, 0.05) is 66.5 Å². The molecule has 4 aromatic rings. The van der Waals surface area contributed by atoms with E-state index in [9.17, 15) is 14.4 Å². The molecule has 0 atom stereocenters. The number of benzene rings is 2. The van der Waals surface area contributed by atoms with Gasteiger partial charge in [-0.2, -0.15) is 0 Å². The van der Waals surface area contributed by atoms with Crippen LogP contribution in [0.2, 0.25) is 0 Å². The van der Waals surface area contributed by atoms with Crippen molar-refractivity contribution in [3.63, 3.8) is 0 Å². The van der Waals surface area contributed by atoms with Crippen molar-refractivity contribution >= 4 is 57.8 Å². The number of fused-ring (bicyclic) bond motifs is 1. The van der Waals surface area contributed by atoms with Gasteiger partial charge < -0.3 is 19.9 Å². The third-order valence-electron chi connectivity index (χ3n) is 11.2. The van der Waals surface area contributed by atoms with Gasteiger partial charge in [0.2, 0.25) is 0 Å². The number of para-hydroxylation sites is 1. The summed E-state index contributed by atoms with van der Waals surface area (Å²) in [6, 6.07) is 22.8. The Morgan fingerprint density at radius 1 is 0.961 bits per heavy atom. The topological polar surface area (TPSA) is 91.8 Å². The first-order chi connectivity index (χ1) is 24.8.